The molecule has 1 saturated carbocycles. The van der Waals surface area contributed by atoms with Gasteiger partial charge in [-0.05, 0) is 43.5 Å². The van der Waals surface area contributed by atoms with E-state index in [4.69, 9.17) is 4.98 Å². The minimum atomic E-state index is -0.178. The van der Waals surface area contributed by atoms with Gasteiger partial charge in [0.25, 0.3) is 5.91 Å². The number of thiophene rings is 1. The van der Waals surface area contributed by atoms with E-state index in [0.717, 1.165) is 46.1 Å². The van der Waals surface area contributed by atoms with Crippen molar-refractivity contribution in [3.63, 3.8) is 0 Å². The predicted octanol–water partition coefficient (Wildman–Crippen LogP) is 3.48. The van der Waals surface area contributed by atoms with Crippen LogP contribution in [0.15, 0.2) is 54.6 Å². The van der Waals surface area contributed by atoms with Gasteiger partial charge < -0.3 is 16.0 Å². The van der Waals surface area contributed by atoms with Crippen LogP contribution >= 0.6 is 11.3 Å². The van der Waals surface area contributed by atoms with Gasteiger partial charge in [0.15, 0.2) is 5.65 Å². The number of hydrogen-bond acceptors (Lipinski definition) is 8. The van der Waals surface area contributed by atoms with Gasteiger partial charge in [-0.25, -0.2) is 4.98 Å². The smallest absolute Gasteiger partial charge is 0.261 e. The first kappa shape index (κ1) is 23.0. The van der Waals surface area contributed by atoms with Crippen molar-refractivity contribution in [1.82, 2.24) is 35.2 Å². The summed E-state index contributed by atoms with van der Waals surface area (Å²) in [6.07, 6.45) is 9.49. The summed E-state index contributed by atoms with van der Waals surface area (Å²) in [7, 11) is 0. The molecule has 0 unspecified atom stereocenters. The highest BCUT2D eigenvalue weighted by molar-refractivity contribution is 7.17. The zero-order valence-corrected chi connectivity index (χ0v) is 20.9. The summed E-state index contributed by atoms with van der Waals surface area (Å²) in [4.78, 5) is 39.4. The van der Waals surface area contributed by atoms with Gasteiger partial charge in [-0.2, -0.15) is 9.61 Å². The maximum atomic E-state index is 12.8. The second kappa shape index (κ2) is 9.25. The van der Waals surface area contributed by atoms with Gasteiger partial charge >= 0.3 is 0 Å². The van der Waals surface area contributed by atoms with E-state index < -0.39 is 0 Å². The molecule has 1 aliphatic heterocycles. The van der Waals surface area contributed by atoms with Crippen LogP contribution in [0, 0.1) is 6.92 Å². The highest BCUT2D eigenvalue weighted by Gasteiger charge is 2.24. The minimum Gasteiger partial charge on any atom is -0.367 e. The molecule has 0 radical (unpaired) electrons. The van der Waals surface area contributed by atoms with Gasteiger partial charge in [-0.3, -0.25) is 19.6 Å². The van der Waals surface area contributed by atoms with Crippen molar-refractivity contribution in [2.24, 2.45) is 0 Å². The van der Waals surface area contributed by atoms with E-state index in [2.05, 4.69) is 37.6 Å². The maximum Gasteiger partial charge on any atom is 0.261 e. The number of allylic oxidation sites excluding steroid dienone is 1. The summed E-state index contributed by atoms with van der Waals surface area (Å²) in [5.74, 6) is 0.586. The van der Waals surface area contributed by atoms with Gasteiger partial charge in [-0.1, -0.05) is 6.58 Å². The molecule has 0 bridgehead atoms. The Morgan fingerprint density at radius 1 is 1.27 bits per heavy atom. The van der Waals surface area contributed by atoms with E-state index in [1.54, 1.807) is 29.2 Å². The molecule has 2 amide bonds. The number of hydrogen-bond donors (Lipinski definition) is 3. The Balaban J connectivity index is 1.30. The molecule has 3 N–H and O–H groups in total. The van der Waals surface area contributed by atoms with Crippen molar-refractivity contribution >= 4 is 40.7 Å². The third-order valence-electron chi connectivity index (χ3n) is 6.13. The Kier molecular flexibility index (Phi) is 5.76. The van der Waals surface area contributed by atoms with Crippen molar-refractivity contribution in [2.45, 2.75) is 38.8 Å². The molecule has 6 rings (SSSR count). The van der Waals surface area contributed by atoms with Crippen LogP contribution in [-0.4, -0.2) is 42.4 Å². The second-order valence-electron chi connectivity index (χ2n) is 9.15. The third-order valence-corrected chi connectivity index (χ3v) is 7.24. The van der Waals surface area contributed by atoms with Crippen LogP contribution in [0.1, 0.15) is 45.9 Å². The molecule has 1 aliphatic carbocycles. The van der Waals surface area contributed by atoms with E-state index in [1.807, 2.05) is 25.1 Å². The van der Waals surface area contributed by atoms with E-state index in [1.165, 1.54) is 11.3 Å². The van der Waals surface area contributed by atoms with Gasteiger partial charge in [0.05, 0.1) is 52.2 Å². The molecule has 1 saturated heterocycles. The number of nitrogens with one attached hydrogen (secondary N) is 3. The molecule has 2 fully saturated rings. The molecule has 186 valence electrons. The summed E-state index contributed by atoms with van der Waals surface area (Å²) < 4.78 is 1.78. The lowest BCUT2D eigenvalue weighted by Crippen LogP contribution is -2.22. The fraction of sp³-hybridized carbons (Fsp3) is 0.231. The lowest BCUT2D eigenvalue weighted by atomic mass is 10.1. The number of aryl methyl sites for hydroxylation is 1. The molecule has 0 atom stereocenters. The highest BCUT2D eigenvalue weighted by Crippen LogP contribution is 2.33. The first-order valence-corrected chi connectivity index (χ1v) is 12.8. The summed E-state index contributed by atoms with van der Waals surface area (Å²) >= 11 is 1.37. The third kappa shape index (κ3) is 4.85. The lowest BCUT2D eigenvalue weighted by molar-refractivity contribution is -0.118. The largest absolute Gasteiger partial charge is 0.367 e. The fourth-order valence-electron chi connectivity index (χ4n) is 4.01. The first-order valence-electron chi connectivity index (χ1n) is 11.9. The number of anilines is 1. The molecular formula is C26H24N8O2S. The number of nitrogens with zero attached hydrogens (tertiary/aromatic N) is 5. The van der Waals surface area contributed by atoms with Crippen molar-refractivity contribution in [3.05, 3.63) is 76.5 Å². The van der Waals surface area contributed by atoms with Crippen LogP contribution in [0.2, 0.25) is 0 Å². The fourth-order valence-corrected chi connectivity index (χ4v) is 4.90. The zero-order valence-electron chi connectivity index (χ0n) is 20.1. The molecule has 11 heteroatoms. The van der Waals surface area contributed by atoms with E-state index in [-0.39, 0.29) is 18.2 Å². The van der Waals surface area contributed by atoms with Crippen molar-refractivity contribution in [3.8, 4) is 10.6 Å². The summed E-state index contributed by atoms with van der Waals surface area (Å²) in [6, 6.07) is 6.08. The number of fused-ring (bicyclic) bond motifs is 1. The van der Waals surface area contributed by atoms with Crippen LogP contribution in [0.5, 0.6) is 0 Å². The van der Waals surface area contributed by atoms with Crippen LogP contribution < -0.4 is 16.0 Å². The standard InChI is InChI=1S/C26H24N8O2S/c1-14-10-28-19(12-27-14)13-29-26(36)22-6-5-21(37-22)20-9-23(32-18-3-4-18)34-25(33-20)17(11-30-34)7-16-8-24(35)31-15(16)2/h5-7,9-12,18,32H,2-4,8,13H2,1H3,(H,29,36)(H,31,35)/b16-7+. The Morgan fingerprint density at radius 3 is 2.86 bits per heavy atom. The normalized spacial score (nSPS) is 16.4. The molecule has 10 nitrogen and oxygen atoms in total. The molecule has 0 aromatic carbocycles. The zero-order chi connectivity index (χ0) is 25.5. The average Bonchev–Trinajstić information content (AvgIpc) is 3.25. The van der Waals surface area contributed by atoms with Gasteiger partial charge in [0, 0.05) is 29.6 Å². The van der Waals surface area contributed by atoms with Gasteiger partial charge in [0.2, 0.25) is 5.91 Å². The van der Waals surface area contributed by atoms with E-state index in [9.17, 15) is 9.59 Å². The highest BCUT2D eigenvalue weighted by atomic mass is 32.1. The van der Waals surface area contributed by atoms with Crippen LogP contribution in [0.4, 0.5) is 5.82 Å². The number of aromatic nitrogens is 5. The predicted molar refractivity (Wildman–Crippen MR) is 141 cm³/mol. The molecule has 37 heavy (non-hydrogen) atoms. The maximum absolute atomic E-state index is 12.8. The number of rotatable bonds is 7. The Morgan fingerprint density at radius 2 is 2.14 bits per heavy atom. The number of carbonyl (C=O) groups is 2. The minimum absolute atomic E-state index is 0.0729. The lowest BCUT2D eigenvalue weighted by Gasteiger charge is -2.09. The molecule has 2 aliphatic rings. The molecule has 0 spiro atoms. The van der Waals surface area contributed by atoms with Gasteiger partial charge in [-0.15, -0.1) is 11.3 Å². The molecule has 4 aromatic heterocycles. The van der Waals surface area contributed by atoms with E-state index >= 15 is 0 Å². The summed E-state index contributed by atoms with van der Waals surface area (Å²) in [6.45, 7) is 6.10. The Bertz CT molecular complexity index is 1580. The van der Waals surface area contributed by atoms with Crippen LogP contribution in [0.25, 0.3) is 22.3 Å². The van der Waals surface area contributed by atoms with Crippen molar-refractivity contribution < 1.29 is 9.59 Å². The van der Waals surface area contributed by atoms with Crippen LogP contribution in [0.3, 0.4) is 0 Å². The topological polar surface area (TPSA) is 126 Å². The molecular weight excluding hydrogens is 488 g/mol. The average molecular weight is 513 g/mol. The van der Waals surface area contributed by atoms with Crippen molar-refractivity contribution in [2.75, 3.05) is 5.32 Å². The quantitative estimate of drug-likeness (QED) is 0.346. The Hall–Kier alpha value is -4.38. The molecule has 5 heterocycles. The summed E-state index contributed by atoms with van der Waals surface area (Å²) in [5.41, 5.74) is 5.14. The van der Waals surface area contributed by atoms with Crippen LogP contribution in [-0.2, 0) is 11.3 Å². The molecule has 4 aromatic rings. The van der Waals surface area contributed by atoms with E-state index in [0.29, 0.717) is 34.5 Å². The summed E-state index contributed by atoms with van der Waals surface area (Å²) in [5, 5.41) is 13.7. The van der Waals surface area contributed by atoms with Gasteiger partial charge in [0.1, 0.15) is 5.82 Å². The first-order chi connectivity index (χ1) is 17.9. The number of carbonyl (C=O) groups excluding carboxylic acids is 2. The van der Waals surface area contributed by atoms with Crippen molar-refractivity contribution in [1.29, 1.82) is 0 Å². The Labute approximate surface area is 216 Å². The SMILES string of the molecule is C=C1NC(=O)C/C1=C\c1cnn2c(NC3CC3)cc(-c3ccc(C(=O)NCc4cnc(C)cn4)s3)nc12. The second-order valence-corrected chi connectivity index (χ2v) is 10.2. The monoisotopic (exact) mass is 512 g/mol. The number of amides is 2.